The van der Waals surface area contributed by atoms with E-state index in [4.69, 9.17) is 9.84 Å². The molecule has 1 fully saturated rings. The molecule has 1 aromatic rings. The van der Waals surface area contributed by atoms with Crippen LogP contribution in [0.4, 0.5) is 0 Å². The van der Waals surface area contributed by atoms with E-state index in [0.717, 1.165) is 10.8 Å². The summed E-state index contributed by atoms with van der Waals surface area (Å²) < 4.78 is 17.7. The molecule has 0 radical (unpaired) electrons. The largest absolute Gasteiger partial charge is 0.394 e. The molecule has 1 saturated heterocycles. The summed E-state index contributed by atoms with van der Waals surface area (Å²) in [6, 6.07) is 0. The lowest BCUT2D eigenvalue weighted by Gasteiger charge is -2.31. The number of nitrogens with zero attached hydrogens (tertiary/aromatic N) is 1. The number of aryl methyl sites for hydroxylation is 1. The Morgan fingerprint density at radius 1 is 1.50 bits per heavy atom. The van der Waals surface area contributed by atoms with Crippen molar-refractivity contribution in [1.82, 2.24) is 9.55 Å². The Morgan fingerprint density at radius 3 is 2.64 bits per heavy atom. The van der Waals surface area contributed by atoms with E-state index in [-0.39, 0.29) is 12.0 Å². The monoisotopic (exact) mass is 336 g/mol. The summed E-state index contributed by atoms with van der Waals surface area (Å²) in [5.74, 6) is 0. The van der Waals surface area contributed by atoms with E-state index >= 15 is 0 Å². The lowest BCUT2D eigenvalue weighted by molar-refractivity contribution is -0.107. The van der Waals surface area contributed by atoms with Gasteiger partial charge in [0.15, 0.2) is 5.72 Å². The molecule has 0 spiro atoms. The van der Waals surface area contributed by atoms with Gasteiger partial charge in [0.1, 0.15) is 6.10 Å². The van der Waals surface area contributed by atoms with Gasteiger partial charge in [0.25, 0.3) is 5.56 Å². The van der Waals surface area contributed by atoms with Gasteiger partial charge in [-0.3, -0.25) is 18.9 Å². The highest BCUT2D eigenvalue weighted by atomic mass is 31.2. The van der Waals surface area contributed by atoms with E-state index < -0.39 is 49.5 Å². The third-order valence-corrected chi connectivity index (χ3v) is 4.43. The van der Waals surface area contributed by atoms with E-state index in [0.29, 0.717) is 0 Å². The van der Waals surface area contributed by atoms with Crippen LogP contribution in [0, 0.1) is 6.92 Å². The van der Waals surface area contributed by atoms with Gasteiger partial charge in [-0.2, -0.15) is 0 Å². The molecule has 3 atom stereocenters. The Balaban J connectivity index is 2.61. The van der Waals surface area contributed by atoms with E-state index in [1.54, 1.807) is 0 Å². The van der Waals surface area contributed by atoms with Crippen molar-refractivity contribution in [3.63, 3.8) is 0 Å². The van der Waals surface area contributed by atoms with Crippen LogP contribution in [0.3, 0.4) is 0 Å². The summed E-state index contributed by atoms with van der Waals surface area (Å²) in [5, 5.41) is 19.0. The molecule has 1 aromatic heterocycles. The highest BCUT2D eigenvalue weighted by Crippen LogP contribution is 2.46. The van der Waals surface area contributed by atoms with Crippen molar-refractivity contribution in [2.45, 2.75) is 31.3 Å². The minimum absolute atomic E-state index is 0.134. The van der Waals surface area contributed by atoms with Crippen molar-refractivity contribution in [1.29, 1.82) is 0 Å². The zero-order valence-corrected chi connectivity index (χ0v) is 12.6. The van der Waals surface area contributed by atoms with E-state index in [1.165, 1.54) is 6.92 Å². The second-order valence-electron chi connectivity index (χ2n) is 5.32. The van der Waals surface area contributed by atoms with Crippen molar-refractivity contribution in [3.8, 4) is 0 Å². The predicted octanol–water partition coefficient (Wildman–Crippen LogP) is -2.18. The van der Waals surface area contributed by atoms with Crippen LogP contribution >= 0.6 is 7.60 Å². The molecule has 22 heavy (non-hydrogen) atoms. The van der Waals surface area contributed by atoms with E-state index in [2.05, 4.69) is 0 Å². The maximum atomic E-state index is 12.0. The topological polar surface area (TPSA) is 162 Å². The molecular weight excluding hydrogens is 319 g/mol. The van der Waals surface area contributed by atoms with Gasteiger partial charge in [-0.1, -0.05) is 0 Å². The van der Waals surface area contributed by atoms with Gasteiger partial charge in [0.2, 0.25) is 0 Å². The number of hydrogen-bond donors (Lipinski definition) is 5. The zero-order chi connectivity index (χ0) is 16.7. The molecule has 1 aliphatic heterocycles. The van der Waals surface area contributed by atoms with Crippen LogP contribution in [0.1, 0.15) is 12.0 Å². The molecule has 0 aliphatic carbocycles. The Morgan fingerprint density at radius 2 is 2.14 bits per heavy atom. The summed E-state index contributed by atoms with van der Waals surface area (Å²) in [7, 11) is -4.63. The van der Waals surface area contributed by atoms with Crippen molar-refractivity contribution >= 4 is 7.60 Å². The van der Waals surface area contributed by atoms with Crippen molar-refractivity contribution in [2.24, 2.45) is 0 Å². The number of hydrogen-bond acceptors (Lipinski definition) is 6. The normalized spacial score (nSPS) is 29.0. The number of rotatable bonds is 4. The van der Waals surface area contributed by atoms with Crippen LogP contribution in [-0.4, -0.2) is 54.5 Å². The number of aromatic nitrogens is 2. The lowest BCUT2D eigenvalue weighted by Crippen LogP contribution is -2.47. The van der Waals surface area contributed by atoms with Gasteiger partial charge in [-0.05, 0) is 6.92 Å². The second-order valence-corrected chi connectivity index (χ2v) is 6.97. The Hall–Kier alpha value is -1.29. The standard InChI is InChI=1S/C11H17N2O8P/c1-6-3-13(10(17)12-9(6)16)11(5-22(18,19)20)2-7(15)8(4-14)21-11/h3,7-8,14-15H,2,4-5H2,1H3,(H,12,16,17)(H2,18,19,20). The molecule has 0 saturated carbocycles. The SMILES string of the molecule is Cc1cn(C2(CP(=O)(O)O)CC(O)C(CO)O2)c(=O)[nH]c1=O. The molecule has 10 nitrogen and oxygen atoms in total. The van der Waals surface area contributed by atoms with Crippen molar-refractivity contribution < 1.29 is 29.3 Å². The van der Waals surface area contributed by atoms with Crippen molar-refractivity contribution in [3.05, 3.63) is 32.6 Å². The first-order chi connectivity index (χ1) is 10.1. The first-order valence-corrected chi connectivity index (χ1v) is 8.22. The zero-order valence-electron chi connectivity index (χ0n) is 11.7. The molecular formula is C11H17N2O8P. The third kappa shape index (κ3) is 3.22. The summed E-state index contributed by atoms with van der Waals surface area (Å²) in [4.78, 5) is 44.0. The minimum atomic E-state index is -4.63. The number of aromatic amines is 1. The van der Waals surface area contributed by atoms with E-state index in [1.807, 2.05) is 4.98 Å². The second kappa shape index (κ2) is 5.73. The quantitative estimate of drug-likeness (QED) is 0.388. The molecule has 11 heteroatoms. The van der Waals surface area contributed by atoms with Crippen LogP contribution < -0.4 is 11.2 Å². The maximum Gasteiger partial charge on any atom is 0.330 e. The minimum Gasteiger partial charge on any atom is -0.394 e. The summed E-state index contributed by atoms with van der Waals surface area (Å²) >= 11 is 0. The van der Waals surface area contributed by atoms with Gasteiger partial charge in [-0.15, -0.1) is 0 Å². The maximum absolute atomic E-state index is 12.0. The highest BCUT2D eigenvalue weighted by Gasteiger charge is 2.51. The highest BCUT2D eigenvalue weighted by molar-refractivity contribution is 7.51. The molecule has 0 aromatic carbocycles. The number of nitrogens with one attached hydrogen (secondary N) is 1. The molecule has 2 rings (SSSR count). The first-order valence-electron chi connectivity index (χ1n) is 6.42. The summed E-state index contributed by atoms with van der Waals surface area (Å²) in [6.07, 6.45) is -2.38. The lowest BCUT2D eigenvalue weighted by atomic mass is 10.1. The molecule has 124 valence electrons. The fourth-order valence-corrected chi connectivity index (χ4v) is 3.55. The van der Waals surface area contributed by atoms with Gasteiger partial charge >= 0.3 is 13.3 Å². The number of aliphatic hydroxyl groups is 2. The summed E-state index contributed by atoms with van der Waals surface area (Å²) in [6.45, 7) is 0.829. The van der Waals surface area contributed by atoms with Crippen LogP contribution in [0.25, 0.3) is 0 Å². The Kier molecular flexibility index (Phi) is 4.44. The Bertz CT molecular complexity index is 722. The van der Waals surface area contributed by atoms with Crippen molar-refractivity contribution in [2.75, 3.05) is 12.8 Å². The Labute approximate surface area is 124 Å². The van der Waals surface area contributed by atoms with Gasteiger partial charge in [0, 0.05) is 18.2 Å². The molecule has 2 heterocycles. The number of ether oxygens (including phenoxy) is 1. The van der Waals surface area contributed by atoms with Gasteiger partial charge in [-0.25, -0.2) is 4.79 Å². The molecule has 3 unspecified atom stereocenters. The van der Waals surface area contributed by atoms with E-state index in [9.17, 15) is 29.0 Å². The molecule has 5 N–H and O–H groups in total. The van der Waals surface area contributed by atoms with Crippen LogP contribution in [-0.2, 0) is 15.0 Å². The first kappa shape index (κ1) is 17.1. The van der Waals surface area contributed by atoms with Gasteiger partial charge in [0.05, 0.1) is 18.9 Å². The number of H-pyrrole nitrogens is 1. The fraction of sp³-hybridized carbons (Fsp3) is 0.636. The fourth-order valence-electron chi connectivity index (χ4n) is 2.55. The van der Waals surface area contributed by atoms with Gasteiger partial charge < -0.3 is 24.7 Å². The van der Waals surface area contributed by atoms with Crippen LogP contribution in [0.2, 0.25) is 0 Å². The predicted molar refractivity (Wildman–Crippen MR) is 73.5 cm³/mol. The average molecular weight is 336 g/mol. The molecule has 0 bridgehead atoms. The molecule has 1 aliphatic rings. The summed E-state index contributed by atoms with van der Waals surface area (Å²) in [5.41, 5.74) is -3.27. The average Bonchev–Trinajstić information content (AvgIpc) is 2.68. The smallest absolute Gasteiger partial charge is 0.330 e. The third-order valence-electron chi connectivity index (χ3n) is 3.52. The number of aliphatic hydroxyl groups excluding tert-OH is 2. The van der Waals surface area contributed by atoms with Crippen LogP contribution in [0.5, 0.6) is 0 Å². The van der Waals surface area contributed by atoms with Crippen LogP contribution in [0.15, 0.2) is 15.8 Å². The molecule has 0 amide bonds.